The predicted molar refractivity (Wildman–Crippen MR) is 76.1 cm³/mol. The Labute approximate surface area is 122 Å². The molecule has 0 bridgehead atoms. The van der Waals surface area contributed by atoms with Gasteiger partial charge in [-0.1, -0.05) is 25.7 Å². The largest absolute Gasteiger partial charge is 0.481 e. The van der Waals surface area contributed by atoms with Gasteiger partial charge in [0.25, 0.3) is 0 Å². The molecule has 8 nitrogen and oxygen atoms in total. The molecule has 0 spiro atoms. The highest BCUT2D eigenvalue weighted by atomic mass is 16.6. The molecule has 1 aromatic rings. The molecule has 1 aliphatic carbocycles. The lowest BCUT2D eigenvalue weighted by atomic mass is 9.80. The number of aliphatic carboxylic acids is 1. The Balaban J connectivity index is 2.15. The second-order valence-electron chi connectivity index (χ2n) is 5.65. The SMILES string of the molecule is Cn1cc([N+](=O)[O-])c(NCC2(C(=O)O)CCCCCC2)n1. The third kappa shape index (κ3) is 3.32. The fourth-order valence-electron chi connectivity index (χ4n) is 2.86. The number of nitrogens with zero attached hydrogens (tertiary/aromatic N) is 3. The fraction of sp³-hybridized carbons (Fsp3) is 0.692. The third-order valence-electron chi connectivity index (χ3n) is 4.11. The molecule has 1 saturated carbocycles. The van der Waals surface area contributed by atoms with Crippen molar-refractivity contribution >= 4 is 17.5 Å². The van der Waals surface area contributed by atoms with E-state index >= 15 is 0 Å². The zero-order valence-electron chi connectivity index (χ0n) is 12.0. The van der Waals surface area contributed by atoms with E-state index in [-0.39, 0.29) is 18.1 Å². The van der Waals surface area contributed by atoms with Gasteiger partial charge in [-0.15, -0.1) is 5.10 Å². The lowest BCUT2D eigenvalue weighted by molar-refractivity contribution is -0.384. The van der Waals surface area contributed by atoms with Crippen LogP contribution in [0, 0.1) is 15.5 Å². The van der Waals surface area contributed by atoms with E-state index in [1.165, 1.54) is 10.9 Å². The zero-order chi connectivity index (χ0) is 15.5. The van der Waals surface area contributed by atoms with Crippen molar-refractivity contribution in [3.63, 3.8) is 0 Å². The van der Waals surface area contributed by atoms with Gasteiger partial charge in [0.15, 0.2) is 0 Å². The molecule has 1 aromatic heterocycles. The van der Waals surface area contributed by atoms with Crippen molar-refractivity contribution in [2.75, 3.05) is 11.9 Å². The van der Waals surface area contributed by atoms with Crippen molar-refractivity contribution in [3.05, 3.63) is 16.3 Å². The second-order valence-corrected chi connectivity index (χ2v) is 5.65. The standard InChI is InChI=1S/C13H20N4O4/c1-16-8-10(17(20)21)11(15-16)14-9-13(12(18)19)6-4-2-3-5-7-13/h8H,2-7,9H2,1H3,(H,14,15)(H,18,19). The van der Waals surface area contributed by atoms with Crippen LogP contribution in [0.3, 0.4) is 0 Å². The van der Waals surface area contributed by atoms with Gasteiger partial charge in [0.1, 0.15) is 6.20 Å². The van der Waals surface area contributed by atoms with Gasteiger partial charge in [-0.2, -0.15) is 0 Å². The van der Waals surface area contributed by atoms with Crippen LogP contribution in [0.1, 0.15) is 38.5 Å². The molecule has 0 saturated heterocycles. The molecule has 0 aromatic carbocycles. The van der Waals surface area contributed by atoms with E-state index in [9.17, 15) is 20.0 Å². The summed E-state index contributed by atoms with van der Waals surface area (Å²) in [5.41, 5.74) is -0.992. The summed E-state index contributed by atoms with van der Waals surface area (Å²) < 4.78 is 1.35. The summed E-state index contributed by atoms with van der Waals surface area (Å²) in [7, 11) is 1.59. The minimum absolute atomic E-state index is 0.132. The highest BCUT2D eigenvalue weighted by Gasteiger charge is 2.39. The average Bonchev–Trinajstić information content (AvgIpc) is 2.65. The number of nitrogens with one attached hydrogen (secondary N) is 1. The second kappa shape index (κ2) is 6.11. The Morgan fingerprint density at radius 1 is 1.48 bits per heavy atom. The van der Waals surface area contributed by atoms with Crippen LogP contribution in [-0.2, 0) is 11.8 Å². The van der Waals surface area contributed by atoms with Crippen molar-refractivity contribution in [2.24, 2.45) is 12.5 Å². The topological polar surface area (TPSA) is 110 Å². The number of hydrogen-bond donors (Lipinski definition) is 2. The summed E-state index contributed by atoms with van der Waals surface area (Å²) in [5.74, 6) is -0.706. The van der Waals surface area contributed by atoms with Gasteiger partial charge in [0.05, 0.1) is 10.3 Å². The Kier molecular flexibility index (Phi) is 4.44. The molecule has 2 rings (SSSR count). The van der Waals surface area contributed by atoms with Crippen LogP contribution in [0.15, 0.2) is 6.20 Å². The highest BCUT2D eigenvalue weighted by Crippen LogP contribution is 2.36. The van der Waals surface area contributed by atoms with Gasteiger partial charge in [-0.25, -0.2) is 0 Å². The number of anilines is 1. The first-order valence-electron chi connectivity index (χ1n) is 7.10. The smallest absolute Gasteiger partial charge is 0.330 e. The third-order valence-corrected chi connectivity index (χ3v) is 4.11. The normalized spacial score (nSPS) is 18.0. The molecular weight excluding hydrogens is 276 g/mol. The number of nitro groups is 1. The van der Waals surface area contributed by atoms with E-state index in [0.717, 1.165) is 25.7 Å². The maximum absolute atomic E-state index is 11.7. The number of carbonyl (C=O) groups is 1. The van der Waals surface area contributed by atoms with Crippen molar-refractivity contribution in [1.29, 1.82) is 0 Å². The first kappa shape index (κ1) is 15.3. The highest BCUT2D eigenvalue weighted by molar-refractivity contribution is 5.75. The maximum atomic E-state index is 11.7. The Hall–Kier alpha value is -2.12. The van der Waals surface area contributed by atoms with E-state index in [1.807, 2.05) is 0 Å². The number of hydrogen-bond acceptors (Lipinski definition) is 5. The molecule has 0 unspecified atom stereocenters. The van der Waals surface area contributed by atoms with Gasteiger partial charge in [0, 0.05) is 13.6 Å². The van der Waals surface area contributed by atoms with Crippen molar-refractivity contribution in [2.45, 2.75) is 38.5 Å². The van der Waals surface area contributed by atoms with Crippen molar-refractivity contribution in [3.8, 4) is 0 Å². The van der Waals surface area contributed by atoms with Gasteiger partial charge >= 0.3 is 11.7 Å². The average molecular weight is 296 g/mol. The van der Waals surface area contributed by atoms with Gasteiger partial charge < -0.3 is 10.4 Å². The molecule has 21 heavy (non-hydrogen) atoms. The Bertz CT molecular complexity index is 532. The van der Waals surface area contributed by atoms with E-state index in [1.54, 1.807) is 7.05 Å². The monoisotopic (exact) mass is 296 g/mol. The lowest BCUT2D eigenvalue weighted by Crippen LogP contribution is -2.37. The molecule has 0 amide bonds. The molecule has 1 aliphatic rings. The van der Waals surface area contributed by atoms with Gasteiger partial charge in [-0.05, 0) is 12.8 Å². The number of carboxylic acids is 1. The minimum atomic E-state index is -0.859. The van der Waals surface area contributed by atoms with Crippen LogP contribution in [-0.4, -0.2) is 32.3 Å². The van der Waals surface area contributed by atoms with E-state index in [0.29, 0.717) is 12.8 Å². The van der Waals surface area contributed by atoms with E-state index < -0.39 is 16.3 Å². The summed E-state index contributed by atoms with van der Waals surface area (Å²) in [6, 6.07) is 0. The van der Waals surface area contributed by atoms with Gasteiger partial charge in [-0.3, -0.25) is 19.6 Å². The summed E-state index contributed by atoms with van der Waals surface area (Å²) in [6.07, 6.45) is 6.32. The van der Waals surface area contributed by atoms with Crippen LogP contribution in [0.2, 0.25) is 0 Å². The van der Waals surface area contributed by atoms with Crippen molar-refractivity contribution in [1.82, 2.24) is 9.78 Å². The molecule has 1 fully saturated rings. The molecule has 8 heteroatoms. The lowest BCUT2D eigenvalue weighted by Gasteiger charge is -2.28. The summed E-state index contributed by atoms with van der Waals surface area (Å²) in [5, 5.41) is 27.4. The summed E-state index contributed by atoms with van der Waals surface area (Å²) in [4.78, 5) is 22.1. The molecular formula is C13H20N4O4. The first-order valence-corrected chi connectivity index (χ1v) is 7.10. The molecule has 2 N–H and O–H groups in total. The number of carboxylic acid groups (broad SMARTS) is 1. The molecule has 1 heterocycles. The summed E-state index contributed by atoms with van der Waals surface area (Å²) >= 11 is 0. The fourth-order valence-corrected chi connectivity index (χ4v) is 2.86. The number of aryl methyl sites for hydroxylation is 1. The first-order chi connectivity index (χ1) is 9.94. The van der Waals surface area contributed by atoms with Gasteiger partial charge in [0.2, 0.25) is 5.82 Å². The Morgan fingerprint density at radius 2 is 2.10 bits per heavy atom. The summed E-state index contributed by atoms with van der Waals surface area (Å²) in [6.45, 7) is 0.167. The van der Waals surface area contributed by atoms with Crippen LogP contribution in [0.4, 0.5) is 11.5 Å². The maximum Gasteiger partial charge on any atom is 0.330 e. The number of rotatable bonds is 5. The molecule has 116 valence electrons. The van der Waals surface area contributed by atoms with Crippen LogP contribution in [0.25, 0.3) is 0 Å². The van der Waals surface area contributed by atoms with Crippen molar-refractivity contribution < 1.29 is 14.8 Å². The van der Waals surface area contributed by atoms with Crippen LogP contribution in [0.5, 0.6) is 0 Å². The molecule has 0 radical (unpaired) electrons. The van der Waals surface area contributed by atoms with Crippen LogP contribution >= 0.6 is 0 Å². The predicted octanol–water partition coefficient (Wildman–Crippen LogP) is 2.17. The zero-order valence-corrected chi connectivity index (χ0v) is 12.0. The minimum Gasteiger partial charge on any atom is -0.481 e. The van der Waals surface area contributed by atoms with E-state index in [2.05, 4.69) is 10.4 Å². The van der Waals surface area contributed by atoms with Crippen LogP contribution < -0.4 is 5.32 Å². The quantitative estimate of drug-likeness (QED) is 0.489. The Morgan fingerprint density at radius 3 is 2.62 bits per heavy atom. The van der Waals surface area contributed by atoms with E-state index in [4.69, 9.17) is 0 Å². The molecule has 0 aliphatic heterocycles. The number of aromatic nitrogens is 2. The molecule has 0 atom stereocenters.